The Kier molecular flexibility index (Phi) is 4.80. The first-order chi connectivity index (χ1) is 14.6. The molecule has 0 spiro atoms. The predicted molar refractivity (Wildman–Crippen MR) is 114 cm³/mol. The molecular formula is C25H26O6. The summed E-state index contributed by atoms with van der Waals surface area (Å²) in [6.07, 6.45) is 1.35. The Bertz CT molecular complexity index is 1130. The second kappa shape index (κ2) is 7.01. The van der Waals surface area contributed by atoms with Crippen molar-refractivity contribution in [1.29, 1.82) is 0 Å². The maximum Gasteiger partial charge on any atom is 0.341 e. The van der Waals surface area contributed by atoms with Crippen molar-refractivity contribution in [3.05, 3.63) is 42.0 Å². The summed E-state index contributed by atoms with van der Waals surface area (Å²) in [7, 11) is 0. The number of carbonyl (C=O) groups excluding carboxylic acids is 4. The van der Waals surface area contributed by atoms with Crippen LogP contribution in [0.1, 0.15) is 57.3 Å². The van der Waals surface area contributed by atoms with E-state index in [2.05, 4.69) is 0 Å². The summed E-state index contributed by atoms with van der Waals surface area (Å²) in [5.74, 6) is -2.52. The molecule has 2 aromatic rings. The van der Waals surface area contributed by atoms with Gasteiger partial charge in [0.05, 0.1) is 6.61 Å². The molecule has 2 fully saturated rings. The van der Waals surface area contributed by atoms with Crippen LogP contribution in [0.4, 0.5) is 0 Å². The fourth-order valence-corrected chi connectivity index (χ4v) is 5.19. The van der Waals surface area contributed by atoms with E-state index in [-0.39, 0.29) is 24.3 Å². The number of carbonyl (C=O) groups is 4. The minimum atomic E-state index is -1.56. The molecule has 0 aliphatic heterocycles. The lowest BCUT2D eigenvalue weighted by molar-refractivity contribution is -0.157. The maximum atomic E-state index is 13.6. The molecule has 162 valence electrons. The van der Waals surface area contributed by atoms with Gasteiger partial charge in [0.25, 0.3) is 0 Å². The number of ketones is 2. The van der Waals surface area contributed by atoms with E-state index >= 15 is 0 Å². The molecule has 0 N–H and O–H groups in total. The van der Waals surface area contributed by atoms with Gasteiger partial charge in [0.2, 0.25) is 11.6 Å². The second-order valence-electron chi connectivity index (χ2n) is 9.21. The molecule has 2 aliphatic rings. The Hall–Kier alpha value is -3.02. The van der Waals surface area contributed by atoms with E-state index < -0.39 is 39.8 Å². The SMILES string of the molecule is CCCOC(=O)c1ccc2ccccc2c1OC(=O)C12CCC(C)(C(=O)C1=O)C2(C)C. The van der Waals surface area contributed by atoms with Crippen molar-refractivity contribution in [2.75, 3.05) is 6.61 Å². The van der Waals surface area contributed by atoms with E-state index in [9.17, 15) is 19.2 Å². The summed E-state index contributed by atoms with van der Waals surface area (Å²) in [5, 5.41) is 1.34. The summed E-state index contributed by atoms with van der Waals surface area (Å²) in [5.41, 5.74) is -3.23. The molecule has 0 saturated heterocycles. The van der Waals surface area contributed by atoms with E-state index in [1.807, 2.05) is 19.1 Å². The van der Waals surface area contributed by atoms with Crippen molar-refractivity contribution in [3.63, 3.8) is 0 Å². The van der Waals surface area contributed by atoms with Gasteiger partial charge < -0.3 is 9.47 Å². The molecule has 2 saturated carbocycles. The van der Waals surface area contributed by atoms with Crippen LogP contribution in [-0.2, 0) is 19.1 Å². The third-order valence-electron chi connectivity index (χ3n) is 7.62. The summed E-state index contributed by atoms with van der Waals surface area (Å²) < 4.78 is 11.1. The Morgan fingerprint density at radius 2 is 1.68 bits per heavy atom. The lowest BCUT2D eigenvalue weighted by Crippen LogP contribution is -2.47. The summed E-state index contributed by atoms with van der Waals surface area (Å²) >= 11 is 0. The van der Waals surface area contributed by atoms with Crippen LogP contribution < -0.4 is 4.74 Å². The second-order valence-corrected chi connectivity index (χ2v) is 9.21. The monoisotopic (exact) mass is 422 g/mol. The van der Waals surface area contributed by atoms with Crippen LogP contribution in [-0.4, -0.2) is 30.1 Å². The molecule has 2 atom stereocenters. The zero-order valence-electron chi connectivity index (χ0n) is 18.2. The summed E-state index contributed by atoms with van der Waals surface area (Å²) in [4.78, 5) is 52.0. The molecule has 2 unspecified atom stereocenters. The number of Topliss-reactive ketones (excluding diaryl/α,β-unsaturated/α-hetero) is 2. The van der Waals surface area contributed by atoms with Crippen LogP contribution in [0.2, 0.25) is 0 Å². The Morgan fingerprint density at radius 1 is 0.968 bits per heavy atom. The topological polar surface area (TPSA) is 86.7 Å². The molecule has 2 aliphatic carbocycles. The molecule has 0 radical (unpaired) electrons. The number of rotatable bonds is 5. The van der Waals surface area contributed by atoms with Gasteiger partial charge in [0.15, 0.2) is 5.75 Å². The molecule has 0 aromatic heterocycles. The number of hydrogen-bond donors (Lipinski definition) is 0. The fourth-order valence-electron chi connectivity index (χ4n) is 5.19. The molecule has 0 amide bonds. The highest BCUT2D eigenvalue weighted by molar-refractivity contribution is 6.48. The van der Waals surface area contributed by atoms with Crippen LogP contribution in [0.15, 0.2) is 36.4 Å². The van der Waals surface area contributed by atoms with Crippen LogP contribution in [0.5, 0.6) is 5.75 Å². The van der Waals surface area contributed by atoms with Gasteiger partial charge in [-0.15, -0.1) is 0 Å². The van der Waals surface area contributed by atoms with E-state index in [1.165, 1.54) is 0 Å². The minimum Gasteiger partial charge on any atom is -0.462 e. The number of esters is 2. The minimum absolute atomic E-state index is 0.0649. The maximum absolute atomic E-state index is 13.6. The van der Waals surface area contributed by atoms with Gasteiger partial charge in [-0.3, -0.25) is 14.4 Å². The van der Waals surface area contributed by atoms with Crippen LogP contribution in [0.3, 0.4) is 0 Å². The van der Waals surface area contributed by atoms with E-state index in [0.29, 0.717) is 18.2 Å². The Morgan fingerprint density at radius 3 is 2.32 bits per heavy atom. The van der Waals surface area contributed by atoms with Gasteiger partial charge in [0.1, 0.15) is 11.0 Å². The third kappa shape index (κ3) is 2.63. The lowest BCUT2D eigenvalue weighted by Gasteiger charge is -2.36. The molecule has 6 nitrogen and oxygen atoms in total. The smallest absolute Gasteiger partial charge is 0.341 e. The number of fused-ring (bicyclic) bond motifs is 3. The molecule has 0 heterocycles. The first-order valence-electron chi connectivity index (χ1n) is 10.6. The average molecular weight is 422 g/mol. The zero-order chi connectivity index (χ0) is 22.6. The van der Waals surface area contributed by atoms with Crippen molar-refractivity contribution in [2.24, 2.45) is 16.2 Å². The van der Waals surface area contributed by atoms with Gasteiger partial charge in [-0.1, -0.05) is 58.0 Å². The largest absolute Gasteiger partial charge is 0.462 e. The number of ether oxygens (including phenoxy) is 2. The fraction of sp³-hybridized carbons (Fsp3) is 0.440. The lowest BCUT2D eigenvalue weighted by atomic mass is 9.65. The first-order valence-corrected chi connectivity index (χ1v) is 10.6. The molecule has 2 aromatic carbocycles. The van der Waals surface area contributed by atoms with Crippen molar-refractivity contribution in [3.8, 4) is 5.75 Å². The predicted octanol–water partition coefficient (Wildman–Crippen LogP) is 4.28. The van der Waals surface area contributed by atoms with Crippen LogP contribution in [0.25, 0.3) is 10.8 Å². The molecule has 4 rings (SSSR count). The van der Waals surface area contributed by atoms with Crippen LogP contribution >= 0.6 is 0 Å². The highest BCUT2D eigenvalue weighted by atomic mass is 16.6. The summed E-state index contributed by atoms with van der Waals surface area (Å²) in [6.45, 7) is 7.44. The standard InChI is InChI=1S/C25H26O6/c1-5-14-30-21(28)17-11-10-15-8-6-7-9-16(15)18(17)31-22(29)25-13-12-24(4,23(25,2)3)19(26)20(25)27/h6-11H,5,12-14H2,1-4H3. The van der Waals surface area contributed by atoms with Crippen LogP contribution in [0, 0.1) is 16.2 Å². The first kappa shape index (κ1) is 21.2. The molecule has 31 heavy (non-hydrogen) atoms. The molecule has 2 bridgehead atoms. The Labute approximate surface area is 180 Å². The molecule has 6 heteroatoms. The zero-order valence-corrected chi connectivity index (χ0v) is 18.2. The van der Waals surface area contributed by atoms with Crippen molar-refractivity contribution >= 4 is 34.3 Å². The highest BCUT2D eigenvalue weighted by Crippen LogP contribution is 2.69. The number of hydrogen-bond acceptors (Lipinski definition) is 6. The van der Waals surface area contributed by atoms with Gasteiger partial charge in [-0.25, -0.2) is 4.79 Å². The quantitative estimate of drug-likeness (QED) is 0.309. The number of benzene rings is 2. The normalized spacial score (nSPS) is 26.3. The van der Waals surface area contributed by atoms with E-state index in [0.717, 1.165) is 5.39 Å². The van der Waals surface area contributed by atoms with Gasteiger partial charge in [-0.05, 0) is 30.7 Å². The van der Waals surface area contributed by atoms with Crippen molar-refractivity contribution < 1.29 is 28.7 Å². The molecular weight excluding hydrogens is 396 g/mol. The van der Waals surface area contributed by atoms with E-state index in [4.69, 9.17) is 9.47 Å². The van der Waals surface area contributed by atoms with Crippen molar-refractivity contribution in [1.82, 2.24) is 0 Å². The summed E-state index contributed by atoms with van der Waals surface area (Å²) in [6, 6.07) is 10.5. The van der Waals surface area contributed by atoms with Gasteiger partial charge >= 0.3 is 11.9 Å². The van der Waals surface area contributed by atoms with E-state index in [1.54, 1.807) is 45.0 Å². The van der Waals surface area contributed by atoms with Crippen molar-refractivity contribution in [2.45, 2.75) is 47.0 Å². The highest BCUT2D eigenvalue weighted by Gasteiger charge is 2.78. The van der Waals surface area contributed by atoms with Gasteiger partial charge in [-0.2, -0.15) is 0 Å². The third-order valence-corrected chi connectivity index (χ3v) is 7.62. The van der Waals surface area contributed by atoms with Gasteiger partial charge in [0, 0.05) is 16.2 Å². The average Bonchev–Trinajstić information content (AvgIpc) is 3.03. The Balaban J connectivity index is 1.82.